The van der Waals surface area contributed by atoms with Crippen molar-refractivity contribution in [2.45, 2.75) is 6.54 Å². The Morgan fingerprint density at radius 3 is 2.86 bits per heavy atom. The van der Waals surface area contributed by atoms with E-state index in [4.69, 9.17) is 10.5 Å². The van der Waals surface area contributed by atoms with Crippen LogP contribution >= 0.6 is 0 Å². The van der Waals surface area contributed by atoms with Crippen LogP contribution in [0.4, 0.5) is 11.4 Å². The molecule has 2 aromatic carbocycles. The molecule has 0 unspecified atom stereocenters. The summed E-state index contributed by atoms with van der Waals surface area (Å²) in [5, 5.41) is 5.42. The normalized spacial score (nSPS) is 10.5. The standard InChI is InChI=1S/C17H17N3O/c1-21-16-5-3-2-4-13(16)11-20-15-7-6-12-10-19-9-8-14(12)17(15)18/h2-10,20H,11,18H2,1H3. The van der Waals surface area contributed by atoms with Crippen LogP contribution in [-0.2, 0) is 6.54 Å². The SMILES string of the molecule is COc1ccccc1CNc1ccc2cnccc2c1N. The number of benzene rings is 2. The lowest BCUT2D eigenvalue weighted by Crippen LogP contribution is -2.04. The molecule has 0 amide bonds. The van der Waals surface area contributed by atoms with Gasteiger partial charge in [-0.1, -0.05) is 24.3 Å². The highest BCUT2D eigenvalue weighted by molar-refractivity contribution is 5.98. The molecule has 0 radical (unpaired) electrons. The van der Waals surface area contributed by atoms with Crippen LogP contribution in [0, 0.1) is 0 Å². The zero-order chi connectivity index (χ0) is 14.7. The van der Waals surface area contributed by atoms with Crippen molar-refractivity contribution in [3.05, 3.63) is 60.4 Å². The molecular formula is C17H17N3O. The highest BCUT2D eigenvalue weighted by Gasteiger charge is 2.06. The number of hydrogen-bond acceptors (Lipinski definition) is 4. The minimum Gasteiger partial charge on any atom is -0.496 e. The Hall–Kier alpha value is -2.75. The number of fused-ring (bicyclic) bond motifs is 1. The zero-order valence-electron chi connectivity index (χ0n) is 11.8. The van der Waals surface area contributed by atoms with Crippen molar-refractivity contribution >= 4 is 22.1 Å². The maximum atomic E-state index is 6.23. The summed E-state index contributed by atoms with van der Waals surface area (Å²) < 4.78 is 5.35. The van der Waals surface area contributed by atoms with Crippen LogP contribution in [0.5, 0.6) is 5.75 Å². The third-order valence-electron chi connectivity index (χ3n) is 3.52. The van der Waals surface area contributed by atoms with Crippen LogP contribution in [0.2, 0.25) is 0 Å². The Morgan fingerprint density at radius 2 is 2.00 bits per heavy atom. The van der Waals surface area contributed by atoms with Gasteiger partial charge in [-0.15, -0.1) is 0 Å². The molecule has 21 heavy (non-hydrogen) atoms. The van der Waals surface area contributed by atoms with Crippen LogP contribution in [0.3, 0.4) is 0 Å². The predicted octanol–water partition coefficient (Wildman–Crippen LogP) is 3.44. The first-order valence-electron chi connectivity index (χ1n) is 6.77. The van der Waals surface area contributed by atoms with Gasteiger partial charge in [0.25, 0.3) is 0 Å². The second kappa shape index (κ2) is 5.71. The highest BCUT2D eigenvalue weighted by Crippen LogP contribution is 2.29. The van der Waals surface area contributed by atoms with E-state index in [9.17, 15) is 0 Å². The van der Waals surface area contributed by atoms with Crippen LogP contribution in [-0.4, -0.2) is 12.1 Å². The Balaban J connectivity index is 1.87. The van der Waals surface area contributed by atoms with Crippen LogP contribution < -0.4 is 15.8 Å². The second-order valence-electron chi connectivity index (χ2n) is 4.79. The van der Waals surface area contributed by atoms with E-state index >= 15 is 0 Å². The number of anilines is 2. The van der Waals surface area contributed by atoms with Gasteiger partial charge in [-0.25, -0.2) is 0 Å². The summed E-state index contributed by atoms with van der Waals surface area (Å²) in [5.41, 5.74) is 8.98. The zero-order valence-corrected chi connectivity index (χ0v) is 11.8. The van der Waals surface area contributed by atoms with E-state index in [0.717, 1.165) is 33.5 Å². The number of rotatable bonds is 4. The van der Waals surface area contributed by atoms with Gasteiger partial charge in [0.15, 0.2) is 0 Å². The Bertz CT molecular complexity index is 771. The molecule has 3 N–H and O–H groups in total. The van der Waals surface area contributed by atoms with Gasteiger partial charge in [0.2, 0.25) is 0 Å². The topological polar surface area (TPSA) is 60.2 Å². The lowest BCUT2D eigenvalue weighted by molar-refractivity contribution is 0.410. The average molecular weight is 279 g/mol. The summed E-state index contributed by atoms with van der Waals surface area (Å²) >= 11 is 0. The maximum Gasteiger partial charge on any atom is 0.123 e. The van der Waals surface area contributed by atoms with Gasteiger partial charge < -0.3 is 15.8 Å². The first-order valence-corrected chi connectivity index (χ1v) is 6.77. The fraction of sp³-hybridized carbons (Fsp3) is 0.118. The minimum atomic E-state index is 0.658. The summed E-state index contributed by atoms with van der Waals surface area (Å²) in [7, 11) is 1.68. The largest absolute Gasteiger partial charge is 0.496 e. The fourth-order valence-corrected chi connectivity index (χ4v) is 2.39. The smallest absolute Gasteiger partial charge is 0.123 e. The predicted molar refractivity (Wildman–Crippen MR) is 86.5 cm³/mol. The second-order valence-corrected chi connectivity index (χ2v) is 4.79. The molecule has 0 saturated heterocycles. The molecule has 3 rings (SSSR count). The molecule has 0 atom stereocenters. The van der Waals surface area contributed by atoms with Crippen molar-refractivity contribution in [2.24, 2.45) is 0 Å². The number of methoxy groups -OCH3 is 1. The molecule has 1 aromatic heterocycles. The van der Waals surface area contributed by atoms with E-state index in [1.165, 1.54) is 0 Å². The monoisotopic (exact) mass is 279 g/mol. The average Bonchev–Trinajstić information content (AvgIpc) is 2.55. The van der Waals surface area contributed by atoms with Crippen molar-refractivity contribution in [3.63, 3.8) is 0 Å². The summed E-state index contributed by atoms with van der Waals surface area (Å²) in [6.07, 6.45) is 3.57. The lowest BCUT2D eigenvalue weighted by atomic mass is 10.1. The van der Waals surface area contributed by atoms with Crippen molar-refractivity contribution in [3.8, 4) is 5.75 Å². The van der Waals surface area contributed by atoms with E-state index in [-0.39, 0.29) is 0 Å². The van der Waals surface area contributed by atoms with E-state index in [1.807, 2.05) is 48.7 Å². The molecule has 3 aromatic rings. The van der Waals surface area contributed by atoms with Crippen molar-refractivity contribution in [1.82, 2.24) is 4.98 Å². The molecule has 0 aliphatic heterocycles. The summed E-state index contributed by atoms with van der Waals surface area (Å²) in [4.78, 5) is 4.11. The van der Waals surface area contributed by atoms with Crippen LogP contribution in [0.25, 0.3) is 10.8 Å². The number of nitrogens with zero attached hydrogens (tertiary/aromatic N) is 1. The molecule has 4 nitrogen and oxygen atoms in total. The van der Waals surface area contributed by atoms with Crippen LogP contribution in [0.15, 0.2) is 54.9 Å². The Morgan fingerprint density at radius 1 is 1.14 bits per heavy atom. The third-order valence-corrected chi connectivity index (χ3v) is 3.52. The number of nitrogens with two attached hydrogens (primary N) is 1. The van der Waals surface area contributed by atoms with E-state index < -0.39 is 0 Å². The van der Waals surface area contributed by atoms with Gasteiger partial charge in [-0.05, 0) is 18.2 Å². The van der Waals surface area contributed by atoms with Gasteiger partial charge in [-0.2, -0.15) is 0 Å². The fourth-order valence-electron chi connectivity index (χ4n) is 2.39. The number of nitrogens with one attached hydrogen (secondary N) is 1. The minimum absolute atomic E-state index is 0.658. The lowest BCUT2D eigenvalue weighted by Gasteiger charge is -2.13. The first-order chi connectivity index (χ1) is 10.3. The number of ether oxygens (including phenoxy) is 1. The molecule has 0 aliphatic carbocycles. The maximum absolute atomic E-state index is 6.23. The van der Waals surface area contributed by atoms with Crippen LogP contribution in [0.1, 0.15) is 5.56 Å². The third kappa shape index (κ3) is 2.60. The van der Waals surface area contributed by atoms with E-state index in [2.05, 4.69) is 10.3 Å². The van der Waals surface area contributed by atoms with Gasteiger partial charge >= 0.3 is 0 Å². The van der Waals surface area contributed by atoms with Crippen molar-refractivity contribution < 1.29 is 4.74 Å². The number of nitrogen functional groups attached to an aromatic ring is 1. The molecule has 106 valence electrons. The van der Waals surface area contributed by atoms with Gasteiger partial charge in [0.05, 0.1) is 18.5 Å². The molecule has 0 spiro atoms. The molecule has 4 heteroatoms. The summed E-state index contributed by atoms with van der Waals surface area (Å²) in [5.74, 6) is 0.869. The number of hydrogen-bond donors (Lipinski definition) is 2. The van der Waals surface area contributed by atoms with Gasteiger partial charge in [0.1, 0.15) is 5.75 Å². The van der Waals surface area contributed by atoms with Gasteiger partial charge in [0, 0.05) is 35.3 Å². The first kappa shape index (κ1) is 13.2. The van der Waals surface area contributed by atoms with Gasteiger partial charge in [-0.3, -0.25) is 4.98 Å². The summed E-state index contributed by atoms with van der Waals surface area (Å²) in [6, 6.07) is 13.9. The number of para-hydroxylation sites is 1. The molecular weight excluding hydrogens is 262 g/mol. The highest BCUT2D eigenvalue weighted by atomic mass is 16.5. The molecule has 1 heterocycles. The summed E-state index contributed by atoms with van der Waals surface area (Å²) in [6.45, 7) is 0.658. The van der Waals surface area contributed by atoms with E-state index in [1.54, 1.807) is 13.3 Å². The Kier molecular flexibility index (Phi) is 3.60. The van der Waals surface area contributed by atoms with Crippen molar-refractivity contribution in [1.29, 1.82) is 0 Å². The molecule has 0 fully saturated rings. The molecule has 0 bridgehead atoms. The number of pyridine rings is 1. The quantitative estimate of drug-likeness (QED) is 0.718. The van der Waals surface area contributed by atoms with Crippen molar-refractivity contribution in [2.75, 3.05) is 18.2 Å². The Labute approximate surface area is 123 Å². The number of aromatic nitrogens is 1. The molecule has 0 aliphatic rings. The van der Waals surface area contributed by atoms with E-state index in [0.29, 0.717) is 6.54 Å². The molecule has 0 saturated carbocycles.